The number of nitrogen functional groups attached to an aromatic ring is 1. The molecule has 2 aliphatic rings. The number of fused-ring (bicyclic) bond motifs is 1. The maximum absolute atomic E-state index is 10.2. The van der Waals surface area contributed by atoms with Crippen molar-refractivity contribution in [3.05, 3.63) is 12.2 Å². The molecule has 3 heterocycles. The van der Waals surface area contributed by atoms with Crippen molar-refractivity contribution >= 4 is 17.0 Å². The van der Waals surface area contributed by atoms with Crippen molar-refractivity contribution in [2.75, 3.05) is 12.3 Å². The number of aliphatic hydroxyl groups is 3. The molecule has 0 unspecified atom stereocenters. The molecular weight excluding hydrogens is 326 g/mol. The monoisotopic (exact) mass is 345 g/mol. The number of anilines is 1. The van der Waals surface area contributed by atoms with E-state index in [1.54, 1.807) is 0 Å². The lowest BCUT2D eigenvalue weighted by Crippen LogP contribution is -2.33. The number of hydrogen-bond acceptors (Lipinski definition) is 8. The minimum Gasteiger partial charge on any atom is -0.394 e. The van der Waals surface area contributed by atoms with Crippen molar-refractivity contribution in [1.82, 2.24) is 19.5 Å². The third-order valence-corrected chi connectivity index (χ3v) is 4.53. The Labute approximate surface area is 143 Å². The van der Waals surface area contributed by atoms with Crippen LogP contribution in [0, 0.1) is 17.8 Å². The molecule has 0 spiro atoms. The first-order valence-electron chi connectivity index (χ1n) is 8.20. The average molecular weight is 345 g/mol. The Bertz CT molecular complexity index is 853. The molecule has 2 fully saturated rings. The van der Waals surface area contributed by atoms with E-state index in [9.17, 15) is 15.3 Å². The standard InChI is InChI=1S/C16H19N5O4/c17-14-11-15(20-10(19-14)3-1-2-8-4-5-8)21(7-18-11)16-13(24)12(23)9(6-22)25-16/h7-9,12-13,16,22-24H,2,4-6H2,(H2,17,19,20)/t9-,12-,13-,16-/m1/s1. The highest BCUT2D eigenvalue weighted by Gasteiger charge is 2.44. The summed E-state index contributed by atoms with van der Waals surface area (Å²) in [5, 5.41) is 29.4. The van der Waals surface area contributed by atoms with E-state index in [1.807, 2.05) is 0 Å². The number of hydrogen-bond donors (Lipinski definition) is 4. The summed E-state index contributed by atoms with van der Waals surface area (Å²) in [6.45, 7) is -0.406. The predicted molar refractivity (Wildman–Crippen MR) is 87.0 cm³/mol. The number of ether oxygens (including phenoxy) is 1. The van der Waals surface area contributed by atoms with Gasteiger partial charge in [-0.25, -0.2) is 15.0 Å². The highest BCUT2D eigenvalue weighted by atomic mass is 16.6. The Hall–Kier alpha value is -2.25. The van der Waals surface area contributed by atoms with Gasteiger partial charge in [0.05, 0.1) is 12.9 Å². The van der Waals surface area contributed by atoms with Crippen molar-refractivity contribution in [3.63, 3.8) is 0 Å². The van der Waals surface area contributed by atoms with E-state index in [2.05, 4.69) is 26.8 Å². The summed E-state index contributed by atoms with van der Waals surface area (Å²) in [5.41, 5.74) is 6.67. The van der Waals surface area contributed by atoms with Gasteiger partial charge in [0, 0.05) is 6.42 Å². The summed E-state index contributed by atoms with van der Waals surface area (Å²) in [7, 11) is 0. The molecule has 9 heteroatoms. The van der Waals surface area contributed by atoms with Gasteiger partial charge >= 0.3 is 0 Å². The lowest BCUT2D eigenvalue weighted by molar-refractivity contribution is -0.0511. The van der Waals surface area contributed by atoms with Crippen molar-refractivity contribution in [3.8, 4) is 11.8 Å². The van der Waals surface area contributed by atoms with Crippen LogP contribution in [-0.2, 0) is 4.74 Å². The maximum atomic E-state index is 10.2. The first kappa shape index (κ1) is 16.2. The lowest BCUT2D eigenvalue weighted by Gasteiger charge is -2.16. The Morgan fingerprint density at radius 3 is 2.76 bits per heavy atom. The van der Waals surface area contributed by atoms with E-state index >= 15 is 0 Å². The van der Waals surface area contributed by atoms with Gasteiger partial charge in [0.1, 0.15) is 23.8 Å². The first-order chi connectivity index (χ1) is 12.1. The Morgan fingerprint density at radius 2 is 2.08 bits per heavy atom. The minimum absolute atomic E-state index is 0.186. The molecule has 25 heavy (non-hydrogen) atoms. The van der Waals surface area contributed by atoms with Crippen molar-refractivity contribution < 1.29 is 20.1 Å². The summed E-state index contributed by atoms with van der Waals surface area (Å²) in [6, 6.07) is 0. The minimum atomic E-state index is -1.23. The van der Waals surface area contributed by atoms with Crippen LogP contribution < -0.4 is 5.73 Å². The summed E-state index contributed by atoms with van der Waals surface area (Å²) >= 11 is 0. The van der Waals surface area contributed by atoms with Crippen LogP contribution in [0.2, 0.25) is 0 Å². The summed E-state index contributed by atoms with van der Waals surface area (Å²) in [6.07, 6.45) is 0.420. The van der Waals surface area contributed by atoms with Crippen LogP contribution in [0.5, 0.6) is 0 Å². The molecule has 2 aromatic heterocycles. The Balaban J connectivity index is 1.69. The van der Waals surface area contributed by atoms with Gasteiger partial charge in [-0.15, -0.1) is 0 Å². The number of nitrogens with zero attached hydrogens (tertiary/aromatic N) is 4. The van der Waals surface area contributed by atoms with Gasteiger partial charge < -0.3 is 25.8 Å². The Kier molecular flexibility index (Phi) is 4.05. The molecule has 5 N–H and O–H groups in total. The van der Waals surface area contributed by atoms with Gasteiger partial charge in [-0.3, -0.25) is 4.57 Å². The Morgan fingerprint density at radius 1 is 1.28 bits per heavy atom. The third kappa shape index (κ3) is 2.94. The van der Waals surface area contributed by atoms with Gasteiger partial charge in [0.15, 0.2) is 17.7 Å². The fourth-order valence-corrected chi connectivity index (χ4v) is 2.89. The molecule has 4 rings (SSSR count). The average Bonchev–Trinajstić information content (AvgIpc) is 3.25. The largest absolute Gasteiger partial charge is 0.394 e. The van der Waals surface area contributed by atoms with E-state index in [0.717, 1.165) is 6.42 Å². The normalized spacial score (nSPS) is 28.9. The highest BCUT2D eigenvalue weighted by molar-refractivity contribution is 5.82. The van der Waals surface area contributed by atoms with Gasteiger partial charge in [-0.2, -0.15) is 0 Å². The molecule has 1 saturated heterocycles. The molecule has 1 aliphatic carbocycles. The molecule has 0 aromatic carbocycles. The van der Waals surface area contributed by atoms with Crippen molar-refractivity contribution in [1.29, 1.82) is 0 Å². The highest BCUT2D eigenvalue weighted by Crippen LogP contribution is 2.32. The van der Waals surface area contributed by atoms with Crippen LogP contribution in [0.4, 0.5) is 5.82 Å². The molecule has 0 radical (unpaired) electrons. The number of imidazole rings is 1. The van der Waals surface area contributed by atoms with Crippen LogP contribution in [-0.4, -0.2) is 59.8 Å². The van der Waals surface area contributed by atoms with Gasteiger partial charge in [-0.1, -0.05) is 5.92 Å². The molecule has 2 aromatic rings. The topological polar surface area (TPSA) is 140 Å². The van der Waals surface area contributed by atoms with E-state index in [4.69, 9.17) is 10.5 Å². The lowest BCUT2D eigenvalue weighted by atomic mass is 10.1. The zero-order chi connectivity index (χ0) is 17.6. The summed E-state index contributed by atoms with van der Waals surface area (Å²) in [4.78, 5) is 12.7. The second-order valence-corrected chi connectivity index (χ2v) is 6.43. The van der Waals surface area contributed by atoms with E-state index in [1.165, 1.54) is 23.7 Å². The first-order valence-corrected chi connectivity index (χ1v) is 8.20. The molecule has 9 nitrogen and oxygen atoms in total. The zero-order valence-electron chi connectivity index (χ0n) is 13.4. The van der Waals surface area contributed by atoms with Crippen molar-refractivity contribution in [2.24, 2.45) is 5.92 Å². The van der Waals surface area contributed by atoms with Crippen LogP contribution in [0.25, 0.3) is 11.2 Å². The molecule has 0 bridgehead atoms. The summed E-state index contributed by atoms with van der Waals surface area (Å²) in [5.74, 6) is 7.11. The van der Waals surface area contributed by atoms with E-state index in [0.29, 0.717) is 17.1 Å². The second kappa shape index (κ2) is 6.24. The molecule has 1 aliphatic heterocycles. The SMILES string of the molecule is Nc1nc(C#CCC2CC2)nc2c1ncn2[C@@H]1O[C@H](CO)[C@@H](O)[C@H]1O. The number of aliphatic hydroxyl groups excluding tert-OH is 3. The maximum Gasteiger partial charge on any atom is 0.208 e. The van der Waals surface area contributed by atoms with E-state index in [-0.39, 0.29) is 11.6 Å². The third-order valence-electron chi connectivity index (χ3n) is 4.53. The molecule has 0 amide bonds. The van der Waals surface area contributed by atoms with Crippen LogP contribution in [0.3, 0.4) is 0 Å². The number of aromatic nitrogens is 4. The van der Waals surface area contributed by atoms with Crippen LogP contribution in [0.1, 0.15) is 31.3 Å². The molecule has 132 valence electrons. The second-order valence-electron chi connectivity index (χ2n) is 6.43. The van der Waals surface area contributed by atoms with Crippen LogP contribution in [0.15, 0.2) is 6.33 Å². The van der Waals surface area contributed by atoms with Gasteiger partial charge in [-0.05, 0) is 24.7 Å². The molecule has 1 saturated carbocycles. The molecular formula is C16H19N5O4. The quantitative estimate of drug-likeness (QED) is 0.529. The summed E-state index contributed by atoms with van der Waals surface area (Å²) < 4.78 is 7.00. The van der Waals surface area contributed by atoms with Gasteiger partial charge in [0.25, 0.3) is 0 Å². The van der Waals surface area contributed by atoms with Gasteiger partial charge in [0.2, 0.25) is 5.82 Å². The number of rotatable bonds is 3. The smallest absolute Gasteiger partial charge is 0.208 e. The van der Waals surface area contributed by atoms with E-state index < -0.39 is 31.1 Å². The molecule has 4 atom stereocenters. The fourth-order valence-electron chi connectivity index (χ4n) is 2.89. The van der Waals surface area contributed by atoms with Crippen molar-refractivity contribution in [2.45, 2.75) is 43.8 Å². The fraction of sp³-hybridized carbons (Fsp3) is 0.562. The zero-order valence-corrected chi connectivity index (χ0v) is 13.4. The predicted octanol–water partition coefficient (Wildman–Crippen LogP) is -0.828. The van der Waals surface area contributed by atoms with Crippen LogP contribution >= 0.6 is 0 Å². The number of nitrogens with two attached hydrogens (primary N) is 1.